The first kappa shape index (κ1) is 10.5. The van der Waals surface area contributed by atoms with E-state index in [0.29, 0.717) is 11.5 Å². The molecule has 5 heteroatoms. The number of nitrogens with two attached hydrogens (primary N) is 2. The Morgan fingerprint density at radius 2 is 1.61 bits per heavy atom. The van der Waals surface area contributed by atoms with Gasteiger partial charge in [0, 0.05) is 5.56 Å². The number of aromatic nitrogens is 3. The van der Waals surface area contributed by atoms with Gasteiger partial charge >= 0.3 is 0 Å². The first-order valence-electron chi connectivity index (χ1n) is 5.49. The molecule has 0 fully saturated rings. The Morgan fingerprint density at radius 1 is 0.833 bits per heavy atom. The fraction of sp³-hybridized carbons (Fsp3) is 0. The fourth-order valence-corrected chi connectivity index (χ4v) is 1.97. The topological polar surface area (TPSA) is 90.7 Å². The van der Waals surface area contributed by atoms with Crippen LogP contribution in [0.3, 0.4) is 0 Å². The molecule has 0 atom stereocenters. The van der Waals surface area contributed by atoms with Crippen molar-refractivity contribution in [2.24, 2.45) is 0 Å². The van der Waals surface area contributed by atoms with Gasteiger partial charge in [-0.2, -0.15) is 4.98 Å². The maximum Gasteiger partial charge on any atom is 0.242 e. The van der Waals surface area contributed by atoms with E-state index in [2.05, 4.69) is 15.2 Å². The smallest absolute Gasteiger partial charge is 0.242 e. The molecule has 88 valence electrons. The average molecular weight is 237 g/mol. The molecule has 0 saturated carbocycles. The summed E-state index contributed by atoms with van der Waals surface area (Å²) in [5.74, 6) is 0.371. The minimum absolute atomic E-state index is 0.0801. The number of nitrogen functional groups attached to an aromatic ring is 2. The van der Waals surface area contributed by atoms with E-state index in [0.717, 1.165) is 16.3 Å². The largest absolute Gasteiger partial charge is 0.382 e. The lowest BCUT2D eigenvalue weighted by molar-refractivity contribution is 1.00. The van der Waals surface area contributed by atoms with Gasteiger partial charge in [-0.1, -0.05) is 42.5 Å². The van der Waals surface area contributed by atoms with Crippen LogP contribution in [0.4, 0.5) is 11.8 Å². The highest BCUT2D eigenvalue weighted by Crippen LogP contribution is 2.29. The van der Waals surface area contributed by atoms with Crippen LogP contribution in [0.1, 0.15) is 0 Å². The number of hydrogen-bond donors (Lipinski definition) is 2. The molecule has 1 heterocycles. The zero-order valence-corrected chi connectivity index (χ0v) is 9.54. The molecule has 4 N–H and O–H groups in total. The Morgan fingerprint density at radius 3 is 2.44 bits per heavy atom. The Kier molecular flexibility index (Phi) is 2.30. The van der Waals surface area contributed by atoms with Gasteiger partial charge in [-0.15, -0.1) is 10.2 Å². The third-order valence-corrected chi connectivity index (χ3v) is 2.77. The minimum Gasteiger partial charge on any atom is -0.382 e. The van der Waals surface area contributed by atoms with E-state index < -0.39 is 0 Å². The molecule has 1 aromatic heterocycles. The quantitative estimate of drug-likeness (QED) is 0.674. The van der Waals surface area contributed by atoms with Crippen molar-refractivity contribution in [1.82, 2.24) is 15.2 Å². The van der Waals surface area contributed by atoms with Crippen molar-refractivity contribution in [1.29, 1.82) is 0 Å². The molecule has 18 heavy (non-hydrogen) atoms. The predicted molar refractivity (Wildman–Crippen MR) is 71.6 cm³/mol. The van der Waals surface area contributed by atoms with Gasteiger partial charge in [-0.25, -0.2) is 0 Å². The number of anilines is 2. The van der Waals surface area contributed by atoms with Crippen molar-refractivity contribution >= 4 is 22.5 Å². The molecule has 0 aliphatic rings. The molecule has 3 aromatic rings. The van der Waals surface area contributed by atoms with Crippen LogP contribution >= 0.6 is 0 Å². The molecular weight excluding hydrogens is 226 g/mol. The van der Waals surface area contributed by atoms with E-state index in [1.807, 2.05) is 42.5 Å². The summed E-state index contributed by atoms with van der Waals surface area (Å²) < 4.78 is 0. The Balaban J connectivity index is 2.31. The van der Waals surface area contributed by atoms with Crippen molar-refractivity contribution < 1.29 is 0 Å². The zero-order chi connectivity index (χ0) is 12.5. The highest BCUT2D eigenvalue weighted by molar-refractivity contribution is 5.97. The van der Waals surface area contributed by atoms with Crippen molar-refractivity contribution in [3.8, 4) is 11.3 Å². The van der Waals surface area contributed by atoms with Crippen molar-refractivity contribution in [3.63, 3.8) is 0 Å². The maximum atomic E-state index is 5.85. The summed E-state index contributed by atoms with van der Waals surface area (Å²) in [5, 5.41) is 9.98. The van der Waals surface area contributed by atoms with Gasteiger partial charge in [0.2, 0.25) is 5.95 Å². The molecule has 2 aromatic carbocycles. The van der Waals surface area contributed by atoms with Crippen LogP contribution in [0.2, 0.25) is 0 Å². The zero-order valence-electron chi connectivity index (χ0n) is 9.54. The molecule has 5 nitrogen and oxygen atoms in total. The predicted octanol–water partition coefficient (Wildman–Crippen LogP) is 1.86. The molecule has 0 aliphatic heterocycles. The third kappa shape index (κ3) is 1.62. The van der Waals surface area contributed by atoms with Crippen LogP contribution in [-0.4, -0.2) is 15.2 Å². The van der Waals surface area contributed by atoms with E-state index in [1.165, 1.54) is 0 Å². The monoisotopic (exact) mass is 237 g/mol. The van der Waals surface area contributed by atoms with E-state index >= 15 is 0 Å². The van der Waals surface area contributed by atoms with Crippen molar-refractivity contribution in [2.45, 2.75) is 0 Å². The Labute approximate surface area is 103 Å². The van der Waals surface area contributed by atoms with Crippen molar-refractivity contribution in [3.05, 3.63) is 42.5 Å². The fourth-order valence-electron chi connectivity index (χ4n) is 1.97. The maximum absolute atomic E-state index is 5.85. The minimum atomic E-state index is 0.0801. The Hall–Kier alpha value is -2.69. The SMILES string of the molecule is Nc1nnc(-c2cccc3ccccc23)c(N)n1. The summed E-state index contributed by atoms with van der Waals surface area (Å²) in [7, 11) is 0. The highest BCUT2D eigenvalue weighted by atomic mass is 15.2. The lowest BCUT2D eigenvalue weighted by Gasteiger charge is -2.07. The van der Waals surface area contributed by atoms with Gasteiger partial charge < -0.3 is 11.5 Å². The van der Waals surface area contributed by atoms with Crippen molar-refractivity contribution in [2.75, 3.05) is 11.5 Å². The Bertz CT molecular complexity index is 718. The van der Waals surface area contributed by atoms with Crippen LogP contribution in [0.5, 0.6) is 0 Å². The van der Waals surface area contributed by atoms with E-state index in [1.54, 1.807) is 0 Å². The molecule has 0 unspecified atom stereocenters. The number of fused-ring (bicyclic) bond motifs is 1. The second-order valence-electron chi connectivity index (χ2n) is 3.93. The molecule has 0 saturated heterocycles. The molecule has 3 rings (SSSR count). The van der Waals surface area contributed by atoms with Gasteiger partial charge in [0.15, 0.2) is 5.82 Å². The summed E-state index contributed by atoms with van der Waals surface area (Å²) in [6.07, 6.45) is 0. The van der Waals surface area contributed by atoms with Gasteiger partial charge in [0.25, 0.3) is 0 Å². The molecule has 0 amide bonds. The summed E-state index contributed by atoms with van der Waals surface area (Å²) in [6, 6.07) is 13.9. The summed E-state index contributed by atoms with van der Waals surface area (Å²) in [5.41, 5.74) is 12.8. The van der Waals surface area contributed by atoms with Gasteiger partial charge in [-0.3, -0.25) is 0 Å². The van der Waals surface area contributed by atoms with E-state index in [4.69, 9.17) is 11.5 Å². The van der Waals surface area contributed by atoms with Gasteiger partial charge in [-0.05, 0) is 10.8 Å². The first-order chi connectivity index (χ1) is 8.75. The van der Waals surface area contributed by atoms with Gasteiger partial charge in [0.1, 0.15) is 5.69 Å². The molecule has 0 radical (unpaired) electrons. The lowest BCUT2D eigenvalue weighted by Crippen LogP contribution is -2.04. The van der Waals surface area contributed by atoms with Crippen LogP contribution in [0.25, 0.3) is 22.0 Å². The second kappa shape index (κ2) is 3.96. The summed E-state index contributed by atoms with van der Waals surface area (Å²) >= 11 is 0. The second-order valence-corrected chi connectivity index (χ2v) is 3.93. The standard InChI is InChI=1S/C13H11N5/c14-12-11(17-18-13(15)16-12)10-7-3-5-8-4-1-2-6-9(8)10/h1-7H,(H4,14,15,16,18). The van der Waals surface area contributed by atoms with Crippen LogP contribution in [0.15, 0.2) is 42.5 Å². The normalized spacial score (nSPS) is 10.7. The lowest BCUT2D eigenvalue weighted by atomic mass is 10.0. The molecular formula is C13H11N5. The third-order valence-electron chi connectivity index (χ3n) is 2.77. The summed E-state index contributed by atoms with van der Waals surface area (Å²) in [4.78, 5) is 3.94. The highest BCUT2D eigenvalue weighted by Gasteiger charge is 2.10. The van der Waals surface area contributed by atoms with E-state index in [9.17, 15) is 0 Å². The molecule has 0 bridgehead atoms. The average Bonchev–Trinajstić information content (AvgIpc) is 2.38. The summed E-state index contributed by atoms with van der Waals surface area (Å²) in [6.45, 7) is 0. The number of benzene rings is 2. The first-order valence-corrected chi connectivity index (χ1v) is 5.49. The van der Waals surface area contributed by atoms with E-state index in [-0.39, 0.29) is 5.95 Å². The van der Waals surface area contributed by atoms with Gasteiger partial charge in [0.05, 0.1) is 0 Å². The number of nitrogens with zero attached hydrogens (tertiary/aromatic N) is 3. The number of hydrogen-bond acceptors (Lipinski definition) is 5. The van der Waals surface area contributed by atoms with Crippen LogP contribution in [-0.2, 0) is 0 Å². The van der Waals surface area contributed by atoms with Crippen LogP contribution < -0.4 is 11.5 Å². The van der Waals surface area contributed by atoms with Crippen LogP contribution in [0, 0.1) is 0 Å². The molecule has 0 aliphatic carbocycles. The number of rotatable bonds is 1. The molecule has 0 spiro atoms.